The average Bonchev–Trinajstić information content (AvgIpc) is 2.98. The highest BCUT2D eigenvalue weighted by atomic mass is 32.2. The Kier molecular flexibility index (Phi) is 4.66. The summed E-state index contributed by atoms with van der Waals surface area (Å²) < 4.78 is 23.7. The van der Waals surface area contributed by atoms with Crippen LogP contribution in [0.2, 0.25) is 0 Å². The molecule has 0 unspecified atom stereocenters. The predicted molar refractivity (Wildman–Crippen MR) is 98.4 cm³/mol. The molecule has 0 saturated heterocycles. The molecule has 1 aromatic heterocycles. The first kappa shape index (κ1) is 18.6. The maximum atomic E-state index is 13.0. The summed E-state index contributed by atoms with van der Waals surface area (Å²) in [6, 6.07) is 3.11. The number of benzene rings is 1. The molecular formula is C18H24N4O3S. The molecule has 1 aromatic carbocycles. The normalized spacial score (nSPS) is 14.6. The number of fused-ring (bicyclic) bond motifs is 1. The molecule has 140 valence electrons. The fourth-order valence-electron chi connectivity index (χ4n) is 3.40. The van der Waals surface area contributed by atoms with Crippen molar-refractivity contribution >= 4 is 15.9 Å². The zero-order chi connectivity index (χ0) is 19.2. The summed E-state index contributed by atoms with van der Waals surface area (Å²) in [5.74, 6) is 0.0696. The fourth-order valence-corrected chi connectivity index (χ4v) is 4.28. The van der Waals surface area contributed by atoms with Gasteiger partial charge in [0.05, 0.1) is 10.6 Å². The maximum Gasteiger partial charge on any atom is 0.254 e. The van der Waals surface area contributed by atoms with E-state index in [1.807, 2.05) is 0 Å². The Morgan fingerprint density at radius 3 is 2.62 bits per heavy atom. The van der Waals surface area contributed by atoms with Crippen LogP contribution in [-0.4, -0.2) is 36.0 Å². The molecule has 0 spiro atoms. The number of sulfonamides is 1. The van der Waals surface area contributed by atoms with E-state index in [9.17, 15) is 13.2 Å². The van der Waals surface area contributed by atoms with Crippen LogP contribution in [0.5, 0.6) is 0 Å². The van der Waals surface area contributed by atoms with Crippen molar-refractivity contribution in [2.24, 2.45) is 5.14 Å². The number of amides is 1. The highest BCUT2D eigenvalue weighted by Gasteiger charge is 2.27. The fraction of sp³-hybridized carbons (Fsp3) is 0.444. The van der Waals surface area contributed by atoms with Gasteiger partial charge in [0.1, 0.15) is 0 Å². The monoisotopic (exact) mass is 376 g/mol. The van der Waals surface area contributed by atoms with Crippen molar-refractivity contribution in [3.05, 3.63) is 45.8 Å². The lowest BCUT2D eigenvalue weighted by atomic mass is 9.98. The molecule has 1 aliphatic heterocycles. The van der Waals surface area contributed by atoms with E-state index in [1.165, 1.54) is 6.07 Å². The Balaban J connectivity index is 1.96. The van der Waals surface area contributed by atoms with Gasteiger partial charge in [-0.2, -0.15) is 5.10 Å². The minimum Gasteiger partial charge on any atom is -0.334 e. The number of nitrogens with one attached hydrogen (secondary N) is 1. The third-order valence-corrected chi connectivity index (χ3v) is 6.01. The van der Waals surface area contributed by atoms with Crippen LogP contribution in [0.4, 0.5) is 0 Å². The number of hydrogen-bond donors (Lipinski definition) is 2. The van der Waals surface area contributed by atoms with Gasteiger partial charge in [-0.05, 0) is 43.0 Å². The Morgan fingerprint density at radius 2 is 2.00 bits per heavy atom. The quantitative estimate of drug-likeness (QED) is 0.854. The molecule has 3 N–H and O–H groups in total. The summed E-state index contributed by atoms with van der Waals surface area (Å²) in [5.41, 5.74) is 4.75. The second-order valence-electron chi connectivity index (χ2n) is 7.16. The molecule has 0 saturated carbocycles. The van der Waals surface area contributed by atoms with Gasteiger partial charge in [-0.1, -0.05) is 13.8 Å². The number of aromatic amines is 1. The number of primary sulfonamides is 1. The lowest BCUT2D eigenvalue weighted by Gasteiger charge is -2.28. The van der Waals surface area contributed by atoms with Crippen LogP contribution in [0.1, 0.15) is 58.2 Å². The molecule has 1 amide bonds. The van der Waals surface area contributed by atoms with Gasteiger partial charge in [-0.15, -0.1) is 0 Å². The third-order valence-electron chi connectivity index (χ3n) is 4.97. The van der Waals surface area contributed by atoms with Crippen molar-refractivity contribution in [1.82, 2.24) is 15.1 Å². The number of nitrogens with zero attached hydrogens (tertiary/aromatic N) is 2. The molecular weight excluding hydrogens is 352 g/mol. The van der Waals surface area contributed by atoms with Crippen molar-refractivity contribution in [2.75, 3.05) is 6.54 Å². The van der Waals surface area contributed by atoms with E-state index in [4.69, 9.17) is 5.14 Å². The number of hydrogen-bond acceptors (Lipinski definition) is 4. The zero-order valence-electron chi connectivity index (χ0n) is 15.5. The summed E-state index contributed by atoms with van der Waals surface area (Å²) in [4.78, 5) is 14.8. The standard InChI is InChI=1S/C18H24N4O3S/c1-10(2)17-14-9-22(6-5-15(14)20-21-17)18(23)13-7-11(3)12(4)16(8-13)26(19,24)25/h7-8,10H,5-6,9H2,1-4H3,(H,20,21)(H2,19,24,25). The topological polar surface area (TPSA) is 109 Å². The van der Waals surface area contributed by atoms with E-state index < -0.39 is 10.0 Å². The van der Waals surface area contributed by atoms with Crippen molar-refractivity contribution in [2.45, 2.75) is 51.5 Å². The van der Waals surface area contributed by atoms with Gasteiger partial charge in [0.15, 0.2) is 0 Å². The van der Waals surface area contributed by atoms with Crippen LogP contribution in [0.3, 0.4) is 0 Å². The van der Waals surface area contributed by atoms with Crippen LogP contribution in [0, 0.1) is 13.8 Å². The predicted octanol–water partition coefficient (Wildman–Crippen LogP) is 2.00. The Bertz CT molecular complexity index is 977. The van der Waals surface area contributed by atoms with E-state index in [0.29, 0.717) is 30.6 Å². The summed E-state index contributed by atoms with van der Waals surface area (Å²) in [6.45, 7) is 8.63. The number of aryl methyl sites for hydroxylation is 1. The van der Waals surface area contributed by atoms with Gasteiger partial charge in [0.25, 0.3) is 5.91 Å². The third kappa shape index (κ3) is 3.26. The van der Waals surface area contributed by atoms with Crippen LogP contribution in [-0.2, 0) is 23.0 Å². The second kappa shape index (κ2) is 6.51. The van der Waals surface area contributed by atoms with Crippen molar-refractivity contribution in [3.8, 4) is 0 Å². The first-order chi connectivity index (χ1) is 12.1. The number of carbonyl (C=O) groups excluding carboxylic acids is 1. The van der Waals surface area contributed by atoms with Crippen LogP contribution < -0.4 is 5.14 Å². The average molecular weight is 376 g/mol. The summed E-state index contributed by atoms with van der Waals surface area (Å²) in [7, 11) is -3.89. The van der Waals surface area contributed by atoms with Gasteiger partial charge in [0, 0.05) is 36.3 Å². The number of aromatic nitrogens is 2. The molecule has 26 heavy (non-hydrogen) atoms. The number of rotatable bonds is 3. The smallest absolute Gasteiger partial charge is 0.254 e. The van der Waals surface area contributed by atoms with Crippen molar-refractivity contribution < 1.29 is 13.2 Å². The van der Waals surface area contributed by atoms with E-state index in [-0.39, 0.29) is 16.7 Å². The Labute approximate surface area is 153 Å². The molecule has 8 heteroatoms. The van der Waals surface area contributed by atoms with Crippen LogP contribution in [0.25, 0.3) is 0 Å². The van der Waals surface area contributed by atoms with Gasteiger partial charge in [0.2, 0.25) is 10.0 Å². The Hall–Kier alpha value is -2.19. The van der Waals surface area contributed by atoms with E-state index in [0.717, 1.165) is 22.5 Å². The number of H-pyrrole nitrogens is 1. The lowest BCUT2D eigenvalue weighted by molar-refractivity contribution is 0.0733. The Morgan fingerprint density at radius 1 is 1.31 bits per heavy atom. The van der Waals surface area contributed by atoms with Crippen molar-refractivity contribution in [1.29, 1.82) is 0 Å². The van der Waals surface area contributed by atoms with Gasteiger partial charge in [-0.25, -0.2) is 13.6 Å². The lowest BCUT2D eigenvalue weighted by Crippen LogP contribution is -2.36. The summed E-state index contributed by atoms with van der Waals surface area (Å²) in [6.07, 6.45) is 0.702. The zero-order valence-corrected chi connectivity index (χ0v) is 16.3. The summed E-state index contributed by atoms with van der Waals surface area (Å²) >= 11 is 0. The molecule has 0 aliphatic carbocycles. The van der Waals surface area contributed by atoms with Crippen LogP contribution in [0.15, 0.2) is 17.0 Å². The first-order valence-electron chi connectivity index (χ1n) is 8.59. The van der Waals surface area contributed by atoms with Gasteiger partial charge < -0.3 is 4.90 Å². The molecule has 2 aromatic rings. The van der Waals surface area contributed by atoms with Crippen molar-refractivity contribution in [3.63, 3.8) is 0 Å². The summed E-state index contributed by atoms with van der Waals surface area (Å²) in [5, 5.41) is 12.8. The molecule has 0 fully saturated rings. The number of nitrogens with two attached hydrogens (primary N) is 1. The van der Waals surface area contributed by atoms with E-state index >= 15 is 0 Å². The molecule has 3 rings (SSSR count). The van der Waals surface area contributed by atoms with Crippen LogP contribution >= 0.6 is 0 Å². The molecule has 7 nitrogen and oxygen atoms in total. The highest BCUT2D eigenvalue weighted by molar-refractivity contribution is 7.89. The highest BCUT2D eigenvalue weighted by Crippen LogP contribution is 2.27. The minimum absolute atomic E-state index is 0.00438. The maximum absolute atomic E-state index is 13.0. The molecule has 2 heterocycles. The van der Waals surface area contributed by atoms with Gasteiger partial charge >= 0.3 is 0 Å². The first-order valence-corrected chi connectivity index (χ1v) is 10.1. The molecule has 0 bridgehead atoms. The van der Waals surface area contributed by atoms with Gasteiger partial charge in [-0.3, -0.25) is 9.89 Å². The molecule has 0 radical (unpaired) electrons. The van der Waals surface area contributed by atoms with E-state index in [1.54, 1.807) is 24.8 Å². The largest absolute Gasteiger partial charge is 0.334 e. The minimum atomic E-state index is -3.89. The van der Waals surface area contributed by atoms with E-state index in [2.05, 4.69) is 24.0 Å². The SMILES string of the molecule is Cc1cc(C(=O)N2CCc3[nH]nc(C(C)C)c3C2)cc(S(N)(=O)=O)c1C. The molecule has 1 aliphatic rings. The molecule has 0 atom stereocenters. The number of carbonyl (C=O) groups is 1. The second-order valence-corrected chi connectivity index (χ2v) is 8.69.